The molecule has 0 radical (unpaired) electrons. The number of sulfone groups is 1. The lowest BCUT2D eigenvalue weighted by molar-refractivity contribution is -0.139. The third kappa shape index (κ3) is 3.11. The summed E-state index contributed by atoms with van der Waals surface area (Å²) in [6.07, 6.45) is 0.856. The van der Waals surface area contributed by atoms with Crippen molar-refractivity contribution < 1.29 is 17.9 Å². The van der Waals surface area contributed by atoms with E-state index >= 15 is 0 Å². The number of carbonyl (C=O) groups excluding carboxylic acids is 1. The van der Waals surface area contributed by atoms with E-state index in [0.29, 0.717) is 25.6 Å². The zero-order valence-corrected chi connectivity index (χ0v) is 11.8. The average molecular weight is 284 g/mol. The van der Waals surface area contributed by atoms with Crippen LogP contribution in [0.2, 0.25) is 0 Å². The van der Waals surface area contributed by atoms with Crippen molar-refractivity contribution >= 4 is 27.3 Å². The average Bonchev–Trinajstić information content (AvgIpc) is 2.26. The number of alkyl halides is 1. The van der Waals surface area contributed by atoms with Crippen LogP contribution in [0.3, 0.4) is 0 Å². The van der Waals surface area contributed by atoms with E-state index in [1.807, 2.05) is 0 Å². The molecule has 0 aromatic heterocycles. The molecule has 100 valence electrons. The van der Waals surface area contributed by atoms with Gasteiger partial charge in [-0.15, -0.1) is 11.6 Å². The highest BCUT2D eigenvalue weighted by Gasteiger charge is 2.42. The largest absolute Gasteiger partial charge is 0.373 e. The van der Waals surface area contributed by atoms with Gasteiger partial charge in [0.1, 0.15) is 4.75 Å². The molecule has 0 aliphatic carbocycles. The number of hydrogen-bond acceptors (Lipinski definition) is 4. The minimum absolute atomic E-state index is 0.218. The Balaban J connectivity index is 2.83. The molecule has 1 rings (SSSR count). The van der Waals surface area contributed by atoms with Crippen LogP contribution in [-0.4, -0.2) is 61.9 Å². The fourth-order valence-corrected chi connectivity index (χ4v) is 2.17. The lowest BCUT2D eigenvalue weighted by atomic mass is 10.1. The Kier molecular flexibility index (Phi) is 4.43. The van der Waals surface area contributed by atoms with Crippen LogP contribution in [0, 0.1) is 0 Å². The first kappa shape index (κ1) is 14.7. The Hall–Kier alpha value is -0.330. The second-order valence-electron chi connectivity index (χ2n) is 4.68. The minimum atomic E-state index is -3.44. The van der Waals surface area contributed by atoms with Gasteiger partial charge in [0.05, 0.1) is 18.6 Å². The molecule has 1 amide bonds. The van der Waals surface area contributed by atoms with Crippen LogP contribution in [0.1, 0.15) is 13.8 Å². The van der Waals surface area contributed by atoms with Crippen molar-refractivity contribution in [3.05, 3.63) is 0 Å². The first-order valence-corrected chi connectivity index (χ1v) is 7.79. The highest BCUT2D eigenvalue weighted by Crippen LogP contribution is 2.20. The summed E-state index contributed by atoms with van der Waals surface area (Å²) in [5.41, 5.74) is 0. The zero-order valence-electron chi connectivity index (χ0n) is 10.3. The van der Waals surface area contributed by atoms with Gasteiger partial charge in [-0.3, -0.25) is 4.79 Å². The van der Waals surface area contributed by atoms with Crippen LogP contribution >= 0.6 is 11.6 Å². The van der Waals surface area contributed by atoms with Crippen molar-refractivity contribution in [3.63, 3.8) is 0 Å². The Morgan fingerprint density at radius 2 is 2.12 bits per heavy atom. The highest BCUT2D eigenvalue weighted by atomic mass is 35.5. The van der Waals surface area contributed by atoms with E-state index in [2.05, 4.69) is 0 Å². The van der Waals surface area contributed by atoms with Crippen LogP contribution in [-0.2, 0) is 19.4 Å². The Morgan fingerprint density at radius 3 is 2.59 bits per heavy atom. The molecule has 17 heavy (non-hydrogen) atoms. The van der Waals surface area contributed by atoms with Gasteiger partial charge in [-0.1, -0.05) is 0 Å². The van der Waals surface area contributed by atoms with Gasteiger partial charge in [-0.2, -0.15) is 0 Å². The molecule has 5 nitrogen and oxygen atoms in total. The summed E-state index contributed by atoms with van der Waals surface area (Å²) in [6, 6.07) is 0. The molecule has 0 aromatic rings. The minimum Gasteiger partial charge on any atom is -0.373 e. The third-order valence-electron chi connectivity index (χ3n) is 3.04. The zero-order chi connectivity index (χ0) is 13.3. The Bertz CT molecular complexity index is 393. The number of rotatable bonds is 3. The lowest BCUT2D eigenvalue weighted by Gasteiger charge is -2.36. The maximum absolute atomic E-state index is 12.2. The number of amides is 1. The number of morpholine rings is 1. The highest BCUT2D eigenvalue weighted by molar-refractivity contribution is 7.92. The Morgan fingerprint density at radius 1 is 1.53 bits per heavy atom. The molecule has 7 heteroatoms. The third-order valence-corrected chi connectivity index (χ3v) is 5.41. The number of nitrogens with zero attached hydrogens (tertiary/aromatic N) is 1. The van der Waals surface area contributed by atoms with Crippen molar-refractivity contribution in [1.29, 1.82) is 0 Å². The predicted molar refractivity (Wildman–Crippen MR) is 66.0 cm³/mol. The quantitative estimate of drug-likeness (QED) is 0.698. The summed E-state index contributed by atoms with van der Waals surface area (Å²) in [5, 5.41) is 0. The van der Waals surface area contributed by atoms with Gasteiger partial charge in [0.25, 0.3) is 0 Å². The van der Waals surface area contributed by atoms with E-state index in [9.17, 15) is 13.2 Å². The molecule has 0 bridgehead atoms. The molecular weight excluding hydrogens is 266 g/mol. The summed E-state index contributed by atoms with van der Waals surface area (Å²) in [7, 11) is -3.44. The van der Waals surface area contributed by atoms with Gasteiger partial charge in [0.2, 0.25) is 5.91 Å². The molecule has 0 spiro atoms. The second-order valence-corrected chi connectivity index (χ2v) is 7.55. The normalized spacial score (nSPS) is 22.6. The number of carbonyl (C=O) groups is 1. The Labute approximate surface area is 107 Å². The summed E-state index contributed by atoms with van der Waals surface area (Å²) < 4.78 is 27.1. The number of halogens is 1. The van der Waals surface area contributed by atoms with Crippen molar-refractivity contribution in [1.82, 2.24) is 4.90 Å². The van der Waals surface area contributed by atoms with E-state index < -0.39 is 20.5 Å². The summed E-state index contributed by atoms with van der Waals surface area (Å²) in [4.78, 5) is 13.7. The maximum Gasteiger partial charge on any atom is 0.243 e. The molecule has 1 heterocycles. The summed E-state index contributed by atoms with van der Waals surface area (Å²) in [5.74, 6) is -0.0956. The van der Waals surface area contributed by atoms with Gasteiger partial charge in [0, 0.05) is 19.3 Å². The molecule has 1 saturated heterocycles. The summed E-state index contributed by atoms with van der Waals surface area (Å²) >= 11 is 5.67. The van der Waals surface area contributed by atoms with E-state index in [-0.39, 0.29) is 6.10 Å². The van der Waals surface area contributed by atoms with Gasteiger partial charge in [-0.25, -0.2) is 8.42 Å². The fraction of sp³-hybridized carbons (Fsp3) is 0.900. The molecule has 0 N–H and O–H groups in total. The van der Waals surface area contributed by atoms with Crippen molar-refractivity contribution in [2.75, 3.05) is 31.8 Å². The SMILES string of the molecule is CC(C)(C(=O)N1CCOC(CCl)C1)S(C)(=O)=O. The number of ether oxygens (including phenoxy) is 1. The van der Waals surface area contributed by atoms with Gasteiger partial charge >= 0.3 is 0 Å². The van der Waals surface area contributed by atoms with Gasteiger partial charge < -0.3 is 9.64 Å². The molecule has 1 unspecified atom stereocenters. The molecule has 1 aliphatic rings. The molecular formula is C10H18ClNO4S. The maximum atomic E-state index is 12.2. The van der Waals surface area contributed by atoms with Gasteiger partial charge in [0.15, 0.2) is 9.84 Å². The van der Waals surface area contributed by atoms with Crippen LogP contribution in [0.25, 0.3) is 0 Å². The molecule has 1 fully saturated rings. The second kappa shape index (κ2) is 5.12. The smallest absolute Gasteiger partial charge is 0.243 e. The molecule has 0 aromatic carbocycles. The molecule has 1 aliphatic heterocycles. The van der Waals surface area contributed by atoms with Crippen LogP contribution in [0.5, 0.6) is 0 Å². The number of hydrogen-bond donors (Lipinski definition) is 0. The van der Waals surface area contributed by atoms with Crippen LogP contribution < -0.4 is 0 Å². The fourth-order valence-electron chi connectivity index (χ4n) is 1.54. The van der Waals surface area contributed by atoms with Gasteiger partial charge in [-0.05, 0) is 13.8 Å². The van der Waals surface area contributed by atoms with E-state index in [4.69, 9.17) is 16.3 Å². The standard InChI is InChI=1S/C10H18ClNO4S/c1-10(2,17(3,14)15)9(13)12-4-5-16-8(6-11)7-12/h8H,4-7H2,1-3H3. The van der Waals surface area contributed by atoms with E-state index in [0.717, 1.165) is 6.26 Å². The van der Waals surface area contributed by atoms with Crippen LogP contribution in [0.4, 0.5) is 0 Å². The van der Waals surface area contributed by atoms with Crippen molar-refractivity contribution in [2.45, 2.75) is 24.7 Å². The predicted octanol–water partition coefficient (Wildman–Crippen LogP) is 0.276. The first-order valence-electron chi connectivity index (χ1n) is 5.36. The van der Waals surface area contributed by atoms with Crippen molar-refractivity contribution in [3.8, 4) is 0 Å². The molecule has 0 saturated carbocycles. The molecule has 1 atom stereocenters. The van der Waals surface area contributed by atoms with E-state index in [1.165, 1.54) is 18.7 Å². The topological polar surface area (TPSA) is 63.7 Å². The first-order chi connectivity index (χ1) is 7.70. The monoisotopic (exact) mass is 283 g/mol. The summed E-state index contributed by atoms with van der Waals surface area (Å²) in [6.45, 7) is 4.00. The lowest BCUT2D eigenvalue weighted by Crippen LogP contribution is -2.55. The van der Waals surface area contributed by atoms with Crippen molar-refractivity contribution in [2.24, 2.45) is 0 Å². The van der Waals surface area contributed by atoms with Crippen LogP contribution in [0.15, 0.2) is 0 Å². The van der Waals surface area contributed by atoms with E-state index in [1.54, 1.807) is 0 Å².